The third kappa shape index (κ3) is 5.25. The van der Waals surface area contributed by atoms with Crippen LogP contribution < -0.4 is 10.1 Å². The lowest BCUT2D eigenvalue weighted by Crippen LogP contribution is -2.09. The number of hydrogen-bond acceptors (Lipinski definition) is 2. The molecule has 0 aliphatic rings. The van der Waals surface area contributed by atoms with E-state index in [0.29, 0.717) is 0 Å². The molecule has 0 aromatic heterocycles. The molecule has 0 amide bonds. The first-order chi connectivity index (χ1) is 12.8. The summed E-state index contributed by atoms with van der Waals surface area (Å²) in [6.07, 6.45) is 6.41. The van der Waals surface area contributed by atoms with Crippen LogP contribution in [0.2, 0.25) is 0 Å². The first-order valence-corrected chi connectivity index (χ1v) is 8.99. The van der Waals surface area contributed by atoms with Gasteiger partial charge in [0, 0.05) is 5.69 Å². The molecular weight excluding hydrogens is 318 g/mol. The van der Waals surface area contributed by atoms with Crippen molar-refractivity contribution in [1.82, 2.24) is 0 Å². The van der Waals surface area contributed by atoms with Gasteiger partial charge in [-0.3, -0.25) is 0 Å². The summed E-state index contributed by atoms with van der Waals surface area (Å²) >= 11 is 0. The first kappa shape index (κ1) is 17.8. The molecule has 3 aromatic rings. The summed E-state index contributed by atoms with van der Waals surface area (Å²) in [5, 5.41) is 3.64. The van der Waals surface area contributed by atoms with Gasteiger partial charge in [0.05, 0.1) is 13.2 Å². The minimum atomic E-state index is 0.233. The number of benzene rings is 3. The van der Waals surface area contributed by atoms with Crippen LogP contribution in [0.25, 0.3) is 0 Å². The van der Waals surface area contributed by atoms with Crippen molar-refractivity contribution in [2.24, 2.45) is 0 Å². The summed E-state index contributed by atoms with van der Waals surface area (Å²) in [7, 11) is 1.69. The Bertz CT molecular complexity index is 795. The molecule has 0 fully saturated rings. The fourth-order valence-corrected chi connectivity index (χ4v) is 2.92. The standard InChI is InChI=1S/C24H25NO/c1-26-23-18-16-22(17-19-23)25-24(21-13-6-3-7-14-21)15-9-8-12-20-10-4-2-5-11-20/h2-11,13-14,16-19,24-25H,12,15H2,1H3/b9-8+. The van der Waals surface area contributed by atoms with Gasteiger partial charge in [-0.2, -0.15) is 0 Å². The van der Waals surface area contributed by atoms with Gasteiger partial charge in [-0.25, -0.2) is 0 Å². The van der Waals surface area contributed by atoms with Crippen LogP contribution in [0.3, 0.4) is 0 Å². The average molecular weight is 343 g/mol. The number of allylic oxidation sites excluding steroid dienone is 1. The lowest BCUT2D eigenvalue weighted by atomic mass is 10.0. The lowest BCUT2D eigenvalue weighted by Gasteiger charge is -2.19. The second-order valence-corrected chi connectivity index (χ2v) is 6.23. The second-order valence-electron chi connectivity index (χ2n) is 6.23. The zero-order valence-electron chi connectivity index (χ0n) is 15.1. The van der Waals surface area contributed by atoms with Crippen LogP contribution in [0.15, 0.2) is 97.1 Å². The minimum Gasteiger partial charge on any atom is -0.497 e. The van der Waals surface area contributed by atoms with E-state index in [1.165, 1.54) is 11.1 Å². The highest BCUT2D eigenvalue weighted by Crippen LogP contribution is 2.24. The Morgan fingerprint density at radius 2 is 1.46 bits per heavy atom. The van der Waals surface area contributed by atoms with Crippen molar-refractivity contribution in [3.63, 3.8) is 0 Å². The largest absolute Gasteiger partial charge is 0.497 e. The smallest absolute Gasteiger partial charge is 0.119 e. The molecular formula is C24H25NO. The Morgan fingerprint density at radius 3 is 2.12 bits per heavy atom. The Morgan fingerprint density at radius 1 is 0.808 bits per heavy atom. The van der Waals surface area contributed by atoms with Crippen LogP contribution >= 0.6 is 0 Å². The van der Waals surface area contributed by atoms with Gasteiger partial charge in [-0.15, -0.1) is 0 Å². The van der Waals surface area contributed by atoms with Crippen molar-refractivity contribution >= 4 is 5.69 Å². The van der Waals surface area contributed by atoms with Crippen LogP contribution in [0.4, 0.5) is 5.69 Å². The molecule has 0 spiro atoms. The number of rotatable bonds is 8. The predicted molar refractivity (Wildman–Crippen MR) is 110 cm³/mol. The summed E-state index contributed by atoms with van der Waals surface area (Å²) in [5.41, 5.74) is 3.71. The number of methoxy groups -OCH3 is 1. The van der Waals surface area contributed by atoms with E-state index in [0.717, 1.165) is 24.3 Å². The summed E-state index contributed by atoms with van der Waals surface area (Å²) < 4.78 is 5.24. The van der Waals surface area contributed by atoms with Crippen molar-refractivity contribution in [3.8, 4) is 5.75 Å². The number of hydrogen-bond donors (Lipinski definition) is 1. The Hall–Kier alpha value is -3.00. The van der Waals surface area contributed by atoms with Gasteiger partial charge < -0.3 is 10.1 Å². The van der Waals surface area contributed by atoms with Crippen molar-refractivity contribution in [1.29, 1.82) is 0 Å². The lowest BCUT2D eigenvalue weighted by molar-refractivity contribution is 0.415. The molecule has 2 nitrogen and oxygen atoms in total. The average Bonchev–Trinajstić information content (AvgIpc) is 2.72. The maximum Gasteiger partial charge on any atom is 0.119 e. The zero-order chi connectivity index (χ0) is 18.0. The number of ether oxygens (including phenoxy) is 1. The topological polar surface area (TPSA) is 21.3 Å². The first-order valence-electron chi connectivity index (χ1n) is 8.99. The monoisotopic (exact) mass is 343 g/mol. The van der Waals surface area contributed by atoms with E-state index >= 15 is 0 Å². The van der Waals surface area contributed by atoms with Crippen LogP contribution in [-0.4, -0.2) is 7.11 Å². The SMILES string of the molecule is COc1ccc(NC(C/C=C/Cc2ccccc2)c2ccccc2)cc1. The summed E-state index contributed by atoms with van der Waals surface area (Å²) in [6, 6.07) is 29.4. The normalized spacial score (nSPS) is 12.0. The minimum absolute atomic E-state index is 0.233. The van der Waals surface area contributed by atoms with Gasteiger partial charge in [-0.05, 0) is 48.2 Å². The Kier molecular flexibility index (Phi) is 6.49. The predicted octanol–water partition coefficient (Wildman–Crippen LogP) is 6.04. The fourth-order valence-electron chi connectivity index (χ4n) is 2.92. The molecule has 2 heteroatoms. The van der Waals surface area contributed by atoms with Crippen molar-refractivity contribution in [3.05, 3.63) is 108 Å². The molecule has 0 saturated carbocycles. The van der Waals surface area contributed by atoms with Crippen LogP contribution in [0.5, 0.6) is 5.75 Å². The molecule has 132 valence electrons. The highest BCUT2D eigenvalue weighted by atomic mass is 16.5. The Balaban J connectivity index is 1.67. The number of anilines is 1. The molecule has 0 radical (unpaired) electrons. The van der Waals surface area contributed by atoms with Gasteiger partial charge in [0.1, 0.15) is 5.75 Å². The van der Waals surface area contributed by atoms with Gasteiger partial charge in [0.15, 0.2) is 0 Å². The van der Waals surface area contributed by atoms with E-state index in [2.05, 4.69) is 90.3 Å². The van der Waals surface area contributed by atoms with E-state index in [1.807, 2.05) is 12.1 Å². The van der Waals surface area contributed by atoms with Crippen LogP contribution in [-0.2, 0) is 6.42 Å². The van der Waals surface area contributed by atoms with Crippen molar-refractivity contribution in [2.75, 3.05) is 12.4 Å². The van der Waals surface area contributed by atoms with E-state index in [-0.39, 0.29) is 6.04 Å². The molecule has 3 rings (SSSR count). The van der Waals surface area contributed by atoms with E-state index in [1.54, 1.807) is 7.11 Å². The van der Waals surface area contributed by atoms with E-state index in [4.69, 9.17) is 4.74 Å². The zero-order valence-corrected chi connectivity index (χ0v) is 15.1. The van der Waals surface area contributed by atoms with Gasteiger partial charge in [-0.1, -0.05) is 72.8 Å². The third-order valence-electron chi connectivity index (χ3n) is 4.37. The molecule has 1 unspecified atom stereocenters. The maximum atomic E-state index is 5.24. The van der Waals surface area contributed by atoms with Gasteiger partial charge in [0.2, 0.25) is 0 Å². The molecule has 3 aromatic carbocycles. The highest BCUT2D eigenvalue weighted by Gasteiger charge is 2.09. The highest BCUT2D eigenvalue weighted by molar-refractivity contribution is 5.48. The molecule has 0 bridgehead atoms. The summed E-state index contributed by atoms with van der Waals surface area (Å²) in [4.78, 5) is 0. The van der Waals surface area contributed by atoms with E-state index < -0.39 is 0 Å². The van der Waals surface area contributed by atoms with Gasteiger partial charge >= 0.3 is 0 Å². The fraction of sp³-hybridized carbons (Fsp3) is 0.167. The number of nitrogens with one attached hydrogen (secondary N) is 1. The summed E-state index contributed by atoms with van der Waals surface area (Å²) in [5.74, 6) is 0.870. The third-order valence-corrected chi connectivity index (χ3v) is 4.37. The van der Waals surface area contributed by atoms with Crippen LogP contribution in [0, 0.1) is 0 Å². The van der Waals surface area contributed by atoms with Crippen molar-refractivity contribution in [2.45, 2.75) is 18.9 Å². The van der Waals surface area contributed by atoms with Gasteiger partial charge in [0.25, 0.3) is 0 Å². The second kappa shape index (κ2) is 9.47. The van der Waals surface area contributed by atoms with Crippen molar-refractivity contribution < 1.29 is 4.74 Å². The maximum absolute atomic E-state index is 5.24. The molecule has 1 atom stereocenters. The van der Waals surface area contributed by atoms with Crippen LogP contribution in [0.1, 0.15) is 23.6 Å². The summed E-state index contributed by atoms with van der Waals surface area (Å²) in [6.45, 7) is 0. The molecule has 1 N–H and O–H groups in total. The Labute approximate surface area is 156 Å². The quantitative estimate of drug-likeness (QED) is 0.504. The molecule has 0 heterocycles. The van der Waals surface area contributed by atoms with E-state index in [9.17, 15) is 0 Å². The molecule has 0 aliphatic carbocycles. The molecule has 26 heavy (non-hydrogen) atoms. The molecule has 0 aliphatic heterocycles. The molecule has 0 saturated heterocycles.